The quantitative estimate of drug-likeness (QED) is 0.0265. The molecule has 47 heavy (non-hydrogen) atoms. The number of rotatable bonds is 24. The monoisotopic (exact) mass is 793 g/mol. The topological polar surface area (TPSA) is 55.8 Å². The number of carbonyl (C=O) groups is 2. The van der Waals surface area contributed by atoms with Crippen LogP contribution >= 0.6 is 34.4 Å². The number of ether oxygens (including phenoxy) is 2. The normalized spacial score (nSPS) is 10.2. The van der Waals surface area contributed by atoms with Crippen LogP contribution in [0.2, 0.25) is 0 Å². The van der Waals surface area contributed by atoms with E-state index < -0.39 is 5.97 Å². The van der Waals surface area contributed by atoms with Crippen molar-refractivity contribution in [2.24, 2.45) is 0 Å². The molecule has 2 aromatic carbocycles. The fraction of sp³-hybridized carbons (Fsp3) is 0.641. The van der Waals surface area contributed by atoms with Gasteiger partial charge in [-0.05, 0) is 59.9 Å². The second-order valence-electron chi connectivity index (χ2n) is 11.6. The van der Waals surface area contributed by atoms with E-state index >= 15 is 0 Å². The summed E-state index contributed by atoms with van der Waals surface area (Å²) in [5.41, 5.74) is 2.26. The second-order valence-corrected chi connectivity index (χ2v) is 12.5. The van der Waals surface area contributed by atoms with Crippen LogP contribution in [0.5, 0.6) is 5.75 Å². The van der Waals surface area contributed by atoms with E-state index in [1.807, 2.05) is 47.6 Å². The van der Waals surface area contributed by atoms with Gasteiger partial charge >= 0.3 is 35.5 Å². The molecular formula is C39H65INNaO4S. The molecule has 0 heterocycles. The van der Waals surface area contributed by atoms with E-state index in [-0.39, 0.29) is 44.3 Å². The Bertz CT molecular complexity index is 1060. The number of halogens is 1. The van der Waals surface area contributed by atoms with Gasteiger partial charge in [-0.1, -0.05) is 145 Å². The summed E-state index contributed by atoms with van der Waals surface area (Å²) in [6.07, 6.45) is 24.8. The molecule has 0 spiro atoms. The zero-order chi connectivity index (χ0) is 33.1. The fourth-order valence-electron chi connectivity index (χ4n) is 5.33. The second kappa shape index (κ2) is 32.5. The number of aryl methyl sites for hydroxylation is 1. The molecule has 2 aromatic rings. The van der Waals surface area contributed by atoms with Crippen LogP contribution in [-0.2, 0) is 16.0 Å². The molecule has 0 unspecified atom stereocenters. The van der Waals surface area contributed by atoms with Crippen LogP contribution in [0.1, 0.15) is 141 Å². The number of unbranched alkanes of at least 4 members (excludes halogenated alkanes) is 15. The van der Waals surface area contributed by atoms with Gasteiger partial charge in [-0.25, -0.2) is 4.79 Å². The maximum absolute atomic E-state index is 12.9. The molecule has 0 aliphatic rings. The summed E-state index contributed by atoms with van der Waals surface area (Å²) in [5, 5.41) is 0. The first kappa shape index (κ1) is 48.4. The number of esters is 1. The third kappa shape index (κ3) is 21.9. The molecule has 0 bridgehead atoms. The fourth-order valence-corrected chi connectivity index (χ4v) is 5.90. The smallest absolute Gasteiger partial charge is 1.00 e. The van der Waals surface area contributed by atoms with E-state index in [2.05, 4.69) is 29.5 Å². The summed E-state index contributed by atoms with van der Waals surface area (Å²) < 4.78 is 10.8. The molecule has 0 radical (unpaired) electrons. The van der Waals surface area contributed by atoms with E-state index in [4.69, 9.17) is 9.47 Å². The molecule has 0 aromatic heterocycles. The van der Waals surface area contributed by atoms with Crippen molar-refractivity contribution in [1.29, 1.82) is 0 Å². The average Bonchev–Trinajstić information content (AvgIpc) is 3.08. The van der Waals surface area contributed by atoms with Gasteiger partial charge in [0, 0.05) is 24.1 Å². The first-order chi connectivity index (χ1) is 22.0. The molecule has 0 aliphatic carbocycles. The van der Waals surface area contributed by atoms with Crippen molar-refractivity contribution in [1.82, 2.24) is 0 Å². The molecule has 1 amide bonds. The predicted octanol–water partition coefficient (Wildman–Crippen LogP) is 9.23. The first-order valence-corrected chi connectivity index (χ1v) is 20.5. The molecule has 264 valence electrons. The van der Waals surface area contributed by atoms with Crippen molar-refractivity contribution in [2.45, 2.75) is 135 Å². The van der Waals surface area contributed by atoms with Gasteiger partial charge in [0.25, 0.3) is 0 Å². The van der Waals surface area contributed by atoms with Crippen LogP contribution in [0.3, 0.4) is 0 Å². The molecule has 0 saturated heterocycles. The van der Waals surface area contributed by atoms with E-state index in [1.54, 1.807) is 18.0 Å². The molecule has 0 atom stereocenters. The minimum absolute atomic E-state index is 0. The van der Waals surface area contributed by atoms with Gasteiger partial charge in [-0.3, -0.25) is 4.79 Å². The van der Waals surface area contributed by atoms with E-state index in [1.165, 1.54) is 115 Å². The molecule has 0 aliphatic heterocycles. The number of hydrogen-bond acceptors (Lipinski definition) is 5. The number of thioether (sulfide) groups is 1. The molecular weight excluding hydrogens is 728 g/mol. The number of amides is 1. The van der Waals surface area contributed by atoms with E-state index in [0.29, 0.717) is 24.1 Å². The zero-order valence-electron chi connectivity index (χ0n) is 30.8. The van der Waals surface area contributed by atoms with Gasteiger partial charge < -0.3 is 15.8 Å². The number of carbonyl (C=O) groups excluding carboxylic acids is 2. The largest absolute Gasteiger partial charge is 1.00 e. The van der Waals surface area contributed by atoms with Crippen molar-refractivity contribution in [3.05, 3.63) is 53.6 Å². The Morgan fingerprint density at radius 3 is 1.74 bits per heavy atom. The van der Waals surface area contributed by atoms with Gasteiger partial charge in [-0.2, -0.15) is 0 Å². The van der Waals surface area contributed by atoms with Gasteiger partial charge in [0.1, 0.15) is 5.75 Å². The number of benzene rings is 2. The van der Waals surface area contributed by atoms with E-state index in [0.717, 1.165) is 29.2 Å². The standard InChI is InChI=1S/C37H57NO4S.CH3I.CH4.Na.H/c1-5-6-7-8-9-10-11-12-13-14-15-16-17-18-19-20-29-42-33-25-21-31(22-26-33)23-28-36(39)38(2)32-24-27-35(43-4)34(30-32)37(40)41-3;1-2;;;/h21-22,24-27,30H,5-20,23,28-29H2,1-4H3;1H3;1H4;;/q;;;+1;-1. The van der Waals surface area contributed by atoms with Crippen molar-refractivity contribution in [3.8, 4) is 5.75 Å². The van der Waals surface area contributed by atoms with Crippen molar-refractivity contribution in [3.63, 3.8) is 0 Å². The molecule has 0 N–H and O–H groups in total. The van der Waals surface area contributed by atoms with Crippen LogP contribution in [0.4, 0.5) is 5.69 Å². The number of hydrogen-bond donors (Lipinski definition) is 0. The Morgan fingerprint density at radius 1 is 0.787 bits per heavy atom. The minimum atomic E-state index is -0.399. The van der Waals surface area contributed by atoms with Crippen molar-refractivity contribution in [2.75, 3.05) is 36.9 Å². The summed E-state index contributed by atoms with van der Waals surface area (Å²) in [6.45, 7) is 3.04. The summed E-state index contributed by atoms with van der Waals surface area (Å²) in [6, 6.07) is 13.5. The maximum Gasteiger partial charge on any atom is 1.00 e. The zero-order valence-corrected chi connectivity index (χ0v) is 34.8. The average molecular weight is 794 g/mol. The summed E-state index contributed by atoms with van der Waals surface area (Å²) >= 11 is 3.63. The van der Waals surface area contributed by atoms with Crippen molar-refractivity contribution < 1.29 is 50.0 Å². The number of methoxy groups -OCH3 is 1. The third-order valence-electron chi connectivity index (χ3n) is 8.17. The first-order valence-electron chi connectivity index (χ1n) is 17.1. The van der Waals surface area contributed by atoms with Crippen LogP contribution < -0.4 is 39.2 Å². The predicted molar refractivity (Wildman–Crippen MR) is 211 cm³/mol. The minimum Gasteiger partial charge on any atom is -1.00 e. The third-order valence-corrected chi connectivity index (χ3v) is 8.96. The molecule has 5 nitrogen and oxygen atoms in total. The molecule has 2 rings (SSSR count). The van der Waals surface area contributed by atoms with Gasteiger partial charge in [0.05, 0.1) is 19.3 Å². The summed E-state index contributed by atoms with van der Waals surface area (Å²) in [4.78, 5) is 29.4. The Balaban J connectivity index is -0.00000397. The van der Waals surface area contributed by atoms with Gasteiger partial charge in [0.15, 0.2) is 0 Å². The Kier molecular flexibility index (Phi) is 33.4. The van der Waals surface area contributed by atoms with Crippen LogP contribution in [0.15, 0.2) is 47.4 Å². The van der Waals surface area contributed by atoms with Crippen LogP contribution in [0, 0.1) is 0 Å². The van der Waals surface area contributed by atoms with Crippen LogP contribution in [-0.4, -0.2) is 43.8 Å². The maximum atomic E-state index is 12.9. The molecule has 0 saturated carbocycles. The van der Waals surface area contributed by atoms with Gasteiger partial charge in [-0.15, -0.1) is 11.8 Å². The summed E-state index contributed by atoms with van der Waals surface area (Å²) in [5.74, 6) is 0.484. The molecule has 8 heteroatoms. The number of anilines is 1. The Morgan fingerprint density at radius 2 is 1.28 bits per heavy atom. The van der Waals surface area contributed by atoms with E-state index in [9.17, 15) is 9.59 Å². The van der Waals surface area contributed by atoms with Crippen LogP contribution in [0.25, 0.3) is 0 Å². The number of alkyl halides is 1. The SMILES string of the molecule is C.CCCCCCCCCCCCCCCCCCOc1ccc(CCC(=O)N(C)c2ccc(SC)c(C(=O)OC)c2)cc1.CI.[H-].[Na+]. The Labute approximate surface area is 330 Å². The number of nitrogens with zero attached hydrogens (tertiary/aromatic N) is 1. The van der Waals surface area contributed by atoms with Crippen molar-refractivity contribution >= 4 is 51.9 Å². The molecule has 0 fully saturated rings. The Hall–Kier alpha value is -0.740. The summed E-state index contributed by atoms with van der Waals surface area (Å²) in [7, 11) is 3.11. The van der Waals surface area contributed by atoms with Gasteiger partial charge in [0.2, 0.25) is 5.91 Å².